The third kappa shape index (κ3) is 1.76. The molecule has 1 N–H and O–H groups in total. The van der Waals surface area contributed by atoms with Gasteiger partial charge in [0.25, 0.3) is 5.91 Å². The highest BCUT2D eigenvalue weighted by Gasteiger charge is 2.52. The number of amides is 3. The van der Waals surface area contributed by atoms with Crippen molar-refractivity contribution in [3.05, 3.63) is 36.2 Å². The zero-order chi connectivity index (χ0) is 16.1. The molecule has 0 aliphatic carbocycles. The summed E-state index contributed by atoms with van der Waals surface area (Å²) in [5.41, 5.74) is 0.583. The van der Waals surface area contributed by atoms with Crippen LogP contribution in [0, 0.1) is 11.3 Å². The van der Waals surface area contributed by atoms with Gasteiger partial charge in [0.05, 0.1) is 18.0 Å². The molecule has 2 fully saturated rings. The number of aliphatic hydroxyl groups excluding tert-OH is 1. The SMILES string of the molecule is N#Cc1ncc(N2C(=O)[C@@H]3[C@H](O)CCN3C2=O)c2ccccc12. The van der Waals surface area contributed by atoms with Crippen molar-refractivity contribution in [3.8, 4) is 6.07 Å². The molecule has 2 aliphatic rings. The van der Waals surface area contributed by atoms with Crippen LogP contribution in [0.1, 0.15) is 12.1 Å². The molecule has 7 heteroatoms. The van der Waals surface area contributed by atoms with Gasteiger partial charge in [0.1, 0.15) is 17.8 Å². The van der Waals surface area contributed by atoms with Crippen molar-refractivity contribution < 1.29 is 14.7 Å². The van der Waals surface area contributed by atoms with E-state index in [1.165, 1.54) is 11.1 Å². The Balaban J connectivity index is 1.89. The monoisotopic (exact) mass is 308 g/mol. The molecule has 0 bridgehead atoms. The number of rotatable bonds is 1. The van der Waals surface area contributed by atoms with Crippen LogP contribution in [-0.2, 0) is 4.79 Å². The number of imide groups is 1. The van der Waals surface area contributed by atoms with Gasteiger partial charge < -0.3 is 10.0 Å². The highest BCUT2D eigenvalue weighted by atomic mass is 16.3. The lowest BCUT2D eigenvalue weighted by Crippen LogP contribution is -2.36. The average molecular weight is 308 g/mol. The Morgan fingerprint density at radius 3 is 2.70 bits per heavy atom. The van der Waals surface area contributed by atoms with Gasteiger partial charge in [0.2, 0.25) is 0 Å². The Hall–Kier alpha value is -2.98. The molecule has 4 rings (SSSR count). The van der Waals surface area contributed by atoms with E-state index in [9.17, 15) is 14.7 Å². The van der Waals surface area contributed by atoms with Crippen LogP contribution in [0.2, 0.25) is 0 Å². The first-order valence-electron chi connectivity index (χ1n) is 7.24. The van der Waals surface area contributed by atoms with Crippen LogP contribution in [0.15, 0.2) is 30.5 Å². The van der Waals surface area contributed by atoms with Crippen LogP contribution in [0.4, 0.5) is 10.5 Å². The molecule has 3 heterocycles. The smallest absolute Gasteiger partial charge is 0.332 e. The number of anilines is 1. The topological polar surface area (TPSA) is 97.5 Å². The quantitative estimate of drug-likeness (QED) is 0.793. The predicted octanol–water partition coefficient (Wildman–Crippen LogP) is 1.01. The van der Waals surface area contributed by atoms with Crippen molar-refractivity contribution in [1.29, 1.82) is 5.26 Å². The molecule has 0 spiro atoms. The van der Waals surface area contributed by atoms with Crippen LogP contribution < -0.4 is 4.90 Å². The zero-order valence-corrected chi connectivity index (χ0v) is 12.0. The van der Waals surface area contributed by atoms with E-state index in [2.05, 4.69) is 4.98 Å². The van der Waals surface area contributed by atoms with E-state index in [0.717, 1.165) is 4.90 Å². The number of benzene rings is 1. The number of pyridine rings is 1. The number of carbonyl (C=O) groups is 2. The summed E-state index contributed by atoms with van der Waals surface area (Å²) in [4.78, 5) is 31.7. The molecule has 2 saturated heterocycles. The summed E-state index contributed by atoms with van der Waals surface area (Å²) in [5, 5.41) is 20.3. The molecule has 1 aromatic heterocycles. The summed E-state index contributed by atoms with van der Waals surface area (Å²) < 4.78 is 0. The molecule has 0 saturated carbocycles. The summed E-state index contributed by atoms with van der Waals surface area (Å²) in [7, 11) is 0. The van der Waals surface area contributed by atoms with Gasteiger partial charge >= 0.3 is 6.03 Å². The first kappa shape index (κ1) is 13.7. The molecular weight excluding hydrogens is 296 g/mol. The molecule has 114 valence electrons. The minimum Gasteiger partial charge on any atom is -0.390 e. The Morgan fingerprint density at radius 1 is 1.26 bits per heavy atom. The summed E-state index contributed by atoms with van der Waals surface area (Å²) in [5.74, 6) is -0.448. The van der Waals surface area contributed by atoms with Crippen molar-refractivity contribution in [1.82, 2.24) is 9.88 Å². The Bertz CT molecular complexity index is 889. The molecule has 0 radical (unpaired) electrons. The Morgan fingerprint density at radius 2 is 2.00 bits per heavy atom. The van der Waals surface area contributed by atoms with Gasteiger partial charge in [0.15, 0.2) is 0 Å². The number of urea groups is 1. The van der Waals surface area contributed by atoms with Crippen LogP contribution in [0.25, 0.3) is 10.8 Å². The number of aliphatic hydroxyl groups is 1. The third-order valence-corrected chi connectivity index (χ3v) is 4.40. The van der Waals surface area contributed by atoms with Crippen molar-refractivity contribution in [2.24, 2.45) is 0 Å². The molecule has 2 atom stereocenters. The second-order valence-corrected chi connectivity index (χ2v) is 5.60. The lowest BCUT2D eigenvalue weighted by atomic mass is 10.1. The number of carbonyl (C=O) groups excluding carboxylic acids is 2. The third-order valence-electron chi connectivity index (χ3n) is 4.40. The van der Waals surface area contributed by atoms with E-state index in [-0.39, 0.29) is 5.69 Å². The Kier molecular flexibility index (Phi) is 2.83. The van der Waals surface area contributed by atoms with Crippen molar-refractivity contribution in [2.75, 3.05) is 11.4 Å². The van der Waals surface area contributed by atoms with Gasteiger partial charge in [-0.3, -0.25) is 4.79 Å². The Labute approximate surface area is 131 Å². The van der Waals surface area contributed by atoms with Gasteiger partial charge in [-0.1, -0.05) is 24.3 Å². The van der Waals surface area contributed by atoms with Crippen molar-refractivity contribution in [3.63, 3.8) is 0 Å². The maximum Gasteiger partial charge on any atom is 0.332 e. The number of nitriles is 1. The van der Waals surface area contributed by atoms with Crippen molar-refractivity contribution in [2.45, 2.75) is 18.6 Å². The van der Waals surface area contributed by atoms with Crippen LogP contribution in [-0.4, -0.2) is 45.6 Å². The van der Waals surface area contributed by atoms with Crippen molar-refractivity contribution >= 4 is 28.4 Å². The molecular formula is C16H12N4O3. The number of hydrogen-bond donors (Lipinski definition) is 1. The minimum atomic E-state index is -0.839. The number of aromatic nitrogens is 1. The van der Waals surface area contributed by atoms with Gasteiger partial charge in [-0.05, 0) is 6.42 Å². The van der Waals surface area contributed by atoms with E-state index in [1.54, 1.807) is 24.3 Å². The summed E-state index contributed by atoms with van der Waals surface area (Å²) >= 11 is 0. The van der Waals surface area contributed by atoms with E-state index < -0.39 is 24.1 Å². The van der Waals surface area contributed by atoms with Gasteiger partial charge in [-0.25, -0.2) is 14.7 Å². The molecule has 1 aromatic carbocycles. The largest absolute Gasteiger partial charge is 0.390 e. The highest BCUT2D eigenvalue weighted by Crippen LogP contribution is 2.35. The number of fused-ring (bicyclic) bond motifs is 2. The summed E-state index contributed by atoms with van der Waals surface area (Å²) in [6.45, 7) is 0.356. The molecule has 2 aromatic rings. The molecule has 7 nitrogen and oxygen atoms in total. The molecule has 0 unspecified atom stereocenters. The predicted molar refractivity (Wildman–Crippen MR) is 80.5 cm³/mol. The van der Waals surface area contributed by atoms with Gasteiger partial charge in [0, 0.05) is 17.3 Å². The maximum atomic E-state index is 12.6. The second kappa shape index (κ2) is 4.76. The molecule has 2 aliphatic heterocycles. The number of hydrogen-bond acceptors (Lipinski definition) is 5. The normalized spacial score (nSPS) is 23.5. The second-order valence-electron chi connectivity index (χ2n) is 5.60. The number of nitrogens with zero attached hydrogens (tertiary/aromatic N) is 4. The summed E-state index contributed by atoms with van der Waals surface area (Å²) in [6.07, 6.45) is 0.933. The fourth-order valence-corrected chi connectivity index (χ4v) is 3.31. The fraction of sp³-hybridized carbons (Fsp3) is 0.250. The minimum absolute atomic E-state index is 0.240. The lowest BCUT2D eigenvalue weighted by molar-refractivity contribution is -0.121. The molecule has 23 heavy (non-hydrogen) atoms. The standard InChI is InChI=1S/C16H12N4O3/c17-7-11-9-3-1-2-4-10(9)12(8-18-11)20-15(22)14-13(21)5-6-19(14)16(20)23/h1-4,8,13-14,21H,5-6H2/t13-,14+/m1/s1. The maximum absolute atomic E-state index is 12.6. The van der Waals surface area contributed by atoms with Crippen LogP contribution in [0.5, 0.6) is 0 Å². The summed E-state index contributed by atoms with van der Waals surface area (Å²) in [6, 6.07) is 7.75. The lowest BCUT2D eigenvalue weighted by Gasteiger charge is -2.17. The highest BCUT2D eigenvalue weighted by molar-refractivity contribution is 6.24. The van der Waals surface area contributed by atoms with E-state index in [4.69, 9.17) is 5.26 Å². The first-order chi connectivity index (χ1) is 11.1. The van der Waals surface area contributed by atoms with E-state index in [1.807, 2.05) is 6.07 Å². The van der Waals surface area contributed by atoms with Gasteiger partial charge in [-0.2, -0.15) is 5.26 Å². The van der Waals surface area contributed by atoms with Crippen LogP contribution >= 0.6 is 0 Å². The fourth-order valence-electron chi connectivity index (χ4n) is 3.31. The van der Waals surface area contributed by atoms with Crippen LogP contribution in [0.3, 0.4) is 0 Å². The molecule has 3 amide bonds. The first-order valence-corrected chi connectivity index (χ1v) is 7.24. The van der Waals surface area contributed by atoms with Gasteiger partial charge in [-0.15, -0.1) is 0 Å². The van der Waals surface area contributed by atoms with E-state index >= 15 is 0 Å². The zero-order valence-electron chi connectivity index (χ0n) is 12.0. The average Bonchev–Trinajstić information content (AvgIpc) is 3.07. The van der Waals surface area contributed by atoms with E-state index in [0.29, 0.717) is 29.4 Å².